The van der Waals surface area contributed by atoms with Crippen LogP contribution in [-0.2, 0) is 7.05 Å². The highest BCUT2D eigenvalue weighted by Gasteiger charge is 1.97. The van der Waals surface area contributed by atoms with Crippen LogP contribution in [0.4, 0.5) is 5.82 Å². The highest BCUT2D eigenvalue weighted by Crippen LogP contribution is 2.14. The summed E-state index contributed by atoms with van der Waals surface area (Å²) in [6.07, 6.45) is 0. The second-order valence-electron chi connectivity index (χ2n) is 1.61. The average Bonchev–Trinajstić information content (AvgIpc) is 2.33. The third kappa shape index (κ3) is 2.72. The van der Waals surface area contributed by atoms with Gasteiger partial charge in [0.25, 0.3) is 0 Å². The third-order valence-electron chi connectivity index (χ3n) is 0.987. The standard InChI is InChI=1S/C5H6ClN3.C2H6/c1-7-5-3-4(6)8-9(5)2;1-2/h3H,1H2,2H3;1-2H3. The molecule has 0 unspecified atom stereocenters. The Morgan fingerprint density at radius 2 is 2.18 bits per heavy atom. The van der Waals surface area contributed by atoms with E-state index in [4.69, 9.17) is 11.6 Å². The number of halogens is 1. The van der Waals surface area contributed by atoms with E-state index in [-0.39, 0.29) is 0 Å². The Labute approximate surface area is 71.7 Å². The molecule has 0 aromatic carbocycles. The van der Waals surface area contributed by atoms with E-state index >= 15 is 0 Å². The van der Waals surface area contributed by atoms with E-state index in [0.717, 1.165) is 0 Å². The van der Waals surface area contributed by atoms with Crippen molar-refractivity contribution in [1.29, 1.82) is 0 Å². The van der Waals surface area contributed by atoms with E-state index < -0.39 is 0 Å². The molecule has 0 aliphatic carbocycles. The number of aromatic nitrogens is 2. The SMILES string of the molecule is C=Nc1cc(Cl)nn1C.CC. The van der Waals surface area contributed by atoms with Crippen molar-refractivity contribution in [3.05, 3.63) is 11.2 Å². The molecular formula is C7H12ClN3. The molecule has 1 rings (SSSR count). The number of aryl methyl sites for hydroxylation is 1. The summed E-state index contributed by atoms with van der Waals surface area (Å²) < 4.78 is 1.56. The van der Waals surface area contributed by atoms with Crippen molar-refractivity contribution in [1.82, 2.24) is 9.78 Å². The smallest absolute Gasteiger partial charge is 0.153 e. The summed E-state index contributed by atoms with van der Waals surface area (Å²) in [6, 6.07) is 1.65. The van der Waals surface area contributed by atoms with Gasteiger partial charge >= 0.3 is 0 Å². The summed E-state index contributed by atoms with van der Waals surface area (Å²) in [4.78, 5) is 3.66. The maximum Gasteiger partial charge on any atom is 0.153 e. The molecule has 11 heavy (non-hydrogen) atoms. The Hall–Kier alpha value is -0.830. The molecule has 0 saturated heterocycles. The predicted octanol–water partition coefficient (Wildman–Crippen LogP) is 2.43. The second-order valence-corrected chi connectivity index (χ2v) is 1.99. The zero-order valence-electron chi connectivity index (χ0n) is 7.00. The lowest BCUT2D eigenvalue weighted by atomic mass is 10.6. The maximum atomic E-state index is 5.52. The molecule has 4 heteroatoms. The monoisotopic (exact) mass is 173 g/mol. The quantitative estimate of drug-likeness (QED) is 0.600. The summed E-state index contributed by atoms with van der Waals surface area (Å²) >= 11 is 5.52. The van der Waals surface area contributed by atoms with Gasteiger partial charge in [0.2, 0.25) is 0 Å². The normalized spacial score (nSPS) is 8.36. The molecule has 0 amide bonds. The molecule has 0 spiro atoms. The zero-order chi connectivity index (χ0) is 8.85. The van der Waals surface area contributed by atoms with Crippen molar-refractivity contribution >= 4 is 24.1 Å². The van der Waals surface area contributed by atoms with Crippen molar-refractivity contribution in [3.63, 3.8) is 0 Å². The molecule has 1 aromatic rings. The number of rotatable bonds is 1. The minimum Gasteiger partial charge on any atom is -0.249 e. The lowest BCUT2D eigenvalue weighted by Gasteiger charge is -1.88. The van der Waals surface area contributed by atoms with Gasteiger partial charge in [-0.3, -0.25) is 0 Å². The molecule has 0 aliphatic rings. The van der Waals surface area contributed by atoms with Crippen molar-refractivity contribution < 1.29 is 0 Å². The summed E-state index contributed by atoms with van der Waals surface area (Å²) in [7, 11) is 1.76. The topological polar surface area (TPSA) is 30.2 Å². The molecule has 0 bridgehead atoms. The second kappa shape index (κ2) is 4.91. The van der Waals surface area contributed by atoms with Crippen LogP contribution in [0, 0.1) is 0 Å². The molecule has 0 N–H and O–H groups in total. The van der Waals surface area contributed by atoms with Gasteiger partial charge in [0.05, 0.1) is 0 Å². The van der Waals surface area contributed by atoms with E-state index in [9.17, 15) is 0 Å². The van der Waals surface area contributed by atoms with Gasteiger partial charge in [-0.1, -0.05) is 25.4 Å². The Morgan fingerprint density at radius 1 is 1.64 bits per heavy atom. The Balaban J connectivity index is 0.000000461. The van der Waals surface area contributed by atoms with Crippen LogP contribution in [0.15, 0.2) is 11.1 Å². The van der Waals surface area contributed by atoms with Gasteiger partial charge in [0.15, 0.2) is 11.0 Å². The first kappa shape index (κ1) is 10.2. The zero-order valence-corrected chi connectivity index (χ0v) is 7.76. The lowest BCUT2D eigenvalue weighted by Crippen LogP contribution is -1.87. The summed E-state index contributed by atoms with van der Waals surface area (Å²) in [6.45, 7) is 7.34. The van der Waals surface area contributed by atoms with Crippen molar-refractivity contribution in [2.24, 2.45) is 12.0 Å². The van der Waals surface area contributed by atoms with Gasteiger partial charge in [0.1, 0.15) is 0 Å². The fourth-order valence-electron chi connectivity index (χ4n) is 0.571. The minimum atomic E-state index is 0.444. The summed E-state index contributed by atoms with van der Waals surface area (Å²) in [5, 5.41) is 4.27. The number of hydrogen-bond acceptors (Lipinski definition) is 2. The predicted molar refractivity (Wildman–Crippen MR) is 48.8 cm³/mol. The average molecular weight is 174 g/mol. The third-order valence-corrected chi connectivity index (χ3v) is 1.17. The molecule has 0 fully saturated rings. The molecule has 1 aromatic heterocycles. The number of aliphatic imine (C=N–C) groups is 1. The van der Waals surface area contributed by atoms with Crippen LogP contribution in [0.25, 0.3) is 0 Å². The first-order valence-corrected chi connectivity index (χ1v) is 3.78. The van der Waals surface area contributed by atoms with Gasteiger partial charge < -0.3 is 0 Å². The first-order valence-electron chi connectivity index (χ1n) is 3.40. The van der Waals surface area contributed by atoms with Crippen molar-refractivity contribution in [2.75, 3.05) is 0 Å². The molecule has 0 saturated carbocycles. The van der Waals surface area contributed by atoms with E-state index in [1.807, 2.05) is 13.8 Å². The lowest BCUT2D eigenvalue weighted by molar-refractivity contribution is 0.771. The van der Waals surface area contributed by atoms with Gasteiger partial charge in [-0.15, -0.1) is 0 Å². The molecule has 62 valence electrons. The van der Waals surface area contributed by atoms with Gasteiger partial charge in [0, 0.05) is 13.1 Å². The van der Waals surface area contributed by atoms with Crippen LogP contribution in [0.1, 0.15) is 13.8 Å². The van der Waals surface area contributed by atoms with Gasteiger partial charge in [-0.25, -0.2) is 9.67 Å². The largest absolute Gasteiger partial charge is 0.249 e. The maximum absolute atomic E-state index is 5.52. The van der Waals surface area contributed by atoms with Crippen LogP contribution in [-0.4, -0.2) is 16.5 Å². The minimum absolute atomic E-state index is 0.444. The van der Waals surface area contributed by atoms with Crippen LogP contribution < -0.4 is 0 Å². The van der Waals surface area contributed by atoms with Crippen molar-refractivity contribution in [3.8, 4) is 0 Å². The molecule has 0 atom stereocenters. The van der Waals surface area contributed by atoms with Crippen LogP contribution >= 0.6 is 11.6 Å². The number of nitrogens with zero attached hydrogens (tertiary/aromatic N) is 3. The van der Waals surface area contributed by atoms with Crippen molar-refractivity contribution in [2.45, 2.75) is 13.8 Å². The van der Waals surface area contributed by atoms with E-state index in [2.05, 4.69) is 16.8 Å². The van der Waals surface area contributed by atoms with Gasteiger partial charge in [-0.05, 0) is 6.72 Å². The first-order chi connectivity index (χ1) is 5.24. The fourth-order valence-corrected chi connectivity index (χ4v) is 0.782. The molecule has 0 aliphatic heterocycles. The molecule has 1 heterocycles. The Bertz CT molecular complexity index is 230. The Kier molecular flexibility index (Phi) is 4.54. The molecular weight excluding hydrogens is 162 g/mol. The summed E-state index contributed by atoms with van der Waals surface area (Å²) in [5.74, 6) is 0.681. The highest BCUT2D eigenvalue weighted by atomic mass is 35.5. The van der Waals surface area contributed by atoms with Crippen LogP contribution in [0.3, 0.4) is 0 Å². The Morgan fingerprint density at radius 3 is 2.36 bits per heavy atom. The van der Waals surface area contributed by atoms with E-state index in [1.54, 1.807) is 17.8 Å². The highest BCUT2D eigenvalue weighted by molar-refractivity contribution is 6.29. The van der Waals surface area contributed by atoms with E-state index in [0.29, 0.717) is 11.0 Å². The summed E-state index contributed by atoms with van der Waals surface area (Å²) in [5.41, 5.74) is 0. The molecule has 3 nitrogen and oxygen atoms in total. The van der Waals surface area contributed by atoms with E-state index in [1.165, 1.54) is 0 Å². The van der Waals surface area contributed by atoms with Crippen LogP contribution in [0.2, 0.25) is 5.15 Å². The molecule has 0 radical (unpaired) electrons. The van der Waals surface area contributed by atoms with Crippen LogP contribution in [0.5, 0.6) is 0 Å². The van der Waals surface area contributed by atoms with Gasteiger partial charge in [-0.2, -0.15) is 5.10 Å². The number of hydrogen-bond donors (Lipinski definition) is 0. The fraction of sp³-hybridized carbons (Fsp3) is 0.429.